The van der Waals surface area contributed by atoms with Gasteiger partial charge >= 0.3 is 23.5 Å². The SMILES string of the molecule is O=C(OC(C(=O)O)(C(=O)c1ccccc1)C(O)C(=O)O)c1ccccc1.ON1CCCCC1c1ccccc1.ON1CCCCC1c1ccccc1. The molecule has 0 aromatic heterocycles. The van der Waals surface area contributed by atoms with Gasteiger partial charge in [0.25, 0.3) is 0 Å². The largest absolute Gasteiger partial charge is 0.479 e. The van der Waals surface area contributed by atoms with Crippen LogP contribution in [0.4, 0.5) is 0 Å². The number of benzene rings is 4. The number of hydrogen-bond acceptors (Lipinski definition) is 10. The van der Waals surface area contributed by atoms with Gasteiger partial charge in [-0.05, 0) is 48.9 Å². The standard InChI is InChI=1S/C18H14O8.2C11H15NO/c19-13(11-7-3-1-4-8-11)18(17(24)25,14(20)15(21)22)26-16(23)12-9-5-2-6-10-12;2*13-12-9-5-4-8-11(12)10-6-2-1-3-7-10/h1-10,14,20H,(H,21,22)(H,24,25);2*1-3,6-7,11,13H,4-5,8-9H2. The van der Waals surface area contributed by atoms with Gasteiger partial charge in [0.2, 0.25) is 11.9 Å². The lowest BCUT2D eigenvalue weighted by atomic mass is 9.87. The first-order chi connectivity index (χ1) is 25.1. The number of hydrogen-bond donors (Lipinski definition) is 5. The van der Waals surface area contributed by atoms with E-state index in [1.165, 1.54) is 82.6 Å². The molecule has 2 aliphatic rings. The molecule has 12 nitrogen and oxygen atoms in total. The summed E-state index contributed by atoms with van der Waals surface area (Å²) in [6.07, 6.45) is 3.98. The average molecular weight is 713 g/mol. The quantitative estimate of drug-likeness (QED) is 0.0753. The number of Topliss-reactive ketones (excluding diaryl/α,β-unsaturated/α-hetero) is 1. The van der Waals surface area contributed by atoms with Crippen LogP contribution in [0.1, 0.15) is 82.5 Å². The zero-order valence-electron chi connectivity index (χ0n) is 28.6. The van der Waals surface area contributed by atoms with E-state index in [0.717, 1.165) is 38.8 Å². The van der Waals surface area contributed by atoms with Gasteiger partial charge in [0.15, 0.2) is 0 Å². The van der Waals surface area contributed by atoms with Gasteiger partial charge < -0.3 is 30.5 Å². The molecule has 2 aliphatic heterocycles. The maximum absolute atomic E-state index is 12.7. The van der Waals surface area contributed by atoms with Gasteiger partial charge in [0, 0.05) is 18.7 Å². The van der Waals surface area contributed by atoms with E-state index < -0.39 is 35.4 Å². The molecule has 4 aromatic carbocycles. The number of piperidine rings is 2. The van der Waals surface area contributed by atoms with E-state index in [2.05, 4.69) is 24.3 Å². The lowest BCUT2D eigenvalue weighted by Gasteiger charge is -2.30. The van der Waals surface area contributed by atoms with Crippen molar-refractivity contribution in [2.24, 2.45) is 0 Å². The van der Waals surface area contributed by atoms with Gasteiger partial charge in [-0.1, -0.05) is 122 Å². The van der Waals surface area contributed by atoms with Crippen LogP contribution in [0.15, 0.2) is 121 Å². The fourth-order valence-electron chi connectivity index (χ4n) is 6.10. The second-order valence-electron chi connectivity index (χ2n) is 12.4. The first-order valence-electron chi connectivity index (χ1n) is 17.1. The number of ether oxygens (including phenoxy) is 1. The van der Waals surface area contributed by atoms with Crippen molar-refractivity contribution in [1.82, 2.24) is 10.1 Å². The fourth-order valence-corrected chi connectivity index (χ4v) is 6.10. The first-order valence-corrected chi connectivity index (χ1v) is 17.1. The van der Waals surface area contributed by atoms with E-state index in [-0.39, 0.29) is 23.2 Å². The minimum absolute atomic E-state index is 0.114. The van der Waals surface area contributed by atoms with Crippen molar-refractivity contribution in [2.75, 3.05) is 13.1 Å². The van der Waals surface area contributed by atoms with Crippen LogP contribution >= 0.6 is 0 Å². The summed E-state index contributed by atoms with van der Waals surface area (Å²) < 4.78 is 4.81. The summed E-state index contributed by atoms with van der Waals surface area (Å²) in [5, 5.41) is 50.8. The third-order valence-electron chi connectivity index (χ3n) is 8.89. The molecule has 2 heterocycles. The van der Waals surface area contributed by atoms with Crippen molar-refractivity contribution in [1.29, 1.82) is 0 Å². The maximum Gasteiger partial charge on any atom is 0.360 e. The number of nitrogens with zero attached hydrogens (tertiary/aromatic N) is 2. The van der Waals surface area contributed by atoms with Crippen LogP contribution in [0.2, 0.25) is 0 Å². The van der Waals surface area contributed by atoms with Crippen molar-refractivity contribution in [3.8, 4) is 0 Å². The molecule has 0 saturated carbocycles. The normalized spacial score (nSPS) is 19.2. The van der Waals surface area contributed by atoms with E-state index in [0.29, 0.717) is 0 Å². The number of rotatable bonds is 9. The first kappa shape index (κ1) is 39.5. The number of ketones is 1. The average Bonchev–Trinajstić information content (AvgIpc) is 3.18. The highest BCUT2D eigenvalue weighted by atomic mass is 16.6. The number of esters is 1. The van der Waals surface area contributed by atoms with Crippen molar-refractivity contribution in [3.05, 3.63) is 144 Å². The smallest absolute Gasteiger partial charge is 0.360 e. The topological polar surface area (TPSA) is 185 Å². The Labute approximate surface area is 302 Å². The van der Waals surface area contributed by atoms with Crippen molar-refractivity contribution < 1.29 is 49.6 Å². The summed E-state index contributed by atoms with van der Waals surface area (Å²) >= 11 is 0. The molecule has 6 rings (SSSR count). The number of carbonyl (C=O) groups is 4. The predicted octanol–water partition coefficient (Wildman–Crippen LogP) is 6.20. The maximum atomic E-state index is 12.7. The number of hydroxylamine groups is 4. The molecule has 2 fully saturated rings. The zero-order valence-corrected chi connectivity index (χ0v) is 28.6. The van der Waals surface area contributed by atoms with Crippen LogP contribution < -0.4 is 0 Å². The Balaban J connectivity index is 0.000000193. The molecule has 274 valence electrons. The molecule has 4 aromatic rings. The molecule has 0 radical (unpaired) electrons. The minimum Gasteiger partial charge on any atom is -0.479 e. The number of aliphatic carboxylic acids is 2. The van der Waals surface area contributed by atoms with E-state index >= 15 is 0 Å². The third kappa shape index (κ3) is 10.2. The van der Waals surface area contributed by atoms with Crippen LogP contribution in [-0.4, -0.2) is 84.3 Å². The van der Waals surface area contributed by atoms with Crippen LogP contribution in [0, 0.1) is 0 Å². The number of carboxylic acids is 2. The van der Waals surface area contributed by atoms with E-state index in [1.807, 2.05) is 36.4 Å². The zero-order chi connectivity index (χ0) is 37.5. The monoisotopic (exact) mass is 712 g/mol. The van der Waals surface area contributed by atoms with Crippen LogP contribution in [-0.2, 0) is 14.3 Å². The summed E-state index contributed by atoms with van der Waals surface area (Å²) in [4.78, 5) is 48.1. The number of carbonyl (C=O) groups excluding carboxylic acids is 2. The van der Waals surface area contributed by atoms with Gasteiger partial charge in [-0.15, -0.1) is 0 Å². The molecule has 5 N–H and O–H groups in total. The van der Waals surface area contributed by atoms with Gasteiger partial charge in [-0.25, -0.2) is 14.4 Å². The highest BCUT2D eigenvalue weighted by molar-refractivity contribution is 6.19. The Kier molecular flexibility index (Phi) is 14.7. The molecule has 2 saturated heterocycles. The third-order valence-corrected chi connectivity index (χ3v) is 8.89. The lowest BCUT2D eigenvalue weighted by molar-refractivity contribution is -0.176. The summed E-state index contributed by atoms with van der Waals surface area (Å²) in [6, 6.07) is 34.8. The number of aliphatic hydroxyl groups is 1. The summed E-state index contributed by atoms with van der Waals surface area (Å²) in [6.45, 7) is 1.61. The second kappa shape index (κ2) is 19.4. The van der Waals surface area contributed by atoms with Crippen LogP contribution in [0.5, 0.6) is 0 Å². The minimum atomic E-state index is -3.35. The molecule has 0 amide bonds. The molecule has 4 atom stereocenters. The molecule has 0 bridgehead atoms. The summed E-state index contributed by atoms with van der Waals surface area (Å²) in [5.41, 5.74) is -1.25. The Morgan fingerprint density at radius 2 is 0.981 bits per heavy atom. The Bertz CT molecular complexity index is 1670. The molecule has 0 aliphatic carbocycles. The van der Waals surface area contributed by atoms with Gasteiger partial charge in [0.1, 0.15) is 0 Å². The summed E-state index contributed by atoms with van der Waals surface area (Å²) in [5.74, 6) is -6.77. The van der Waals surface area contributed by atoms with Crippen molar-refractivity contribution in [3.63, 3.8) is 0 Å². The molecule has 12 heteroatoms. The van der Waals surface area contributed by atoms with Crippen LogP contribution in [0.25, 0.3) is 0 Å². The Hall–Kier alpha value is -5.24. The Morgan fingerprint density at radius 3 is 1.35 bits per heavy atom. The fraction of sp³-hybridized carbons (Fsp3) is 0.300. The predicted molar refractivity (Wildman–Crippen MR) is 190 cm³/mol. The van der Waals surface area contributed by atoms with E-state index in [9.17, 15) is 39.8 Å². The summed E-state index contributed by atoms with van der Waals surface area (Å²) in [7, 11) is 0. The van der Waals surface area contributed by atoms with Gasteiger partial charge in [-0.2, -0.15) is 10.1 Å². The van der Waals surface area contributed by atoms with Crippen molar-refractivity contribution in [2.45, 2.75) is 62.3 Å². The van der Waals surface area contributed by atoms with Crippen LogP contribution in [0.3, 0.4) is 0 Å². The highest BCUT2D eigenvalue weighted by Gasteiger charge is 2.59. The molecule has 52 heavy (non-hydrogen) atoms. The lowest BCUT2D eigenvalue weighted by Crippen LogP contribution is -2.61. The van der Waals surface area contributed by atoms with Gasteiger partial charge in [0.05, 0.1) is 17.6 Å². The van der Waals surface area contributed by atoms with Gasteiger partial charge in [-0.3, -0.25) is 4.79 Å². The second-order valence-corrected chi connectivity index (χ2v) is 12.4. The van der Waals surface area contributed by atoms with Crippen molar-refractivity contribution >= 4 is 23.7 Å². The number of carboxylic acid groups (broad SMARTS) is 2. The Morgan fingerprint density at radius 1 is 0.596 bits per heavy atom. The van der Waals surface area contributed by atoms with E-state index in [4.69, 9.17) is 9.84 Å². The number of aliphatic hydroxyl groups excluding tert-OH is 1. The molecule has 0 spiro atoms. The molecule has 4 unspecified atom stereocenters. The molecular formula is C40H44N2O10. The van der Waals surface area contributed by atoms with E-state index in [1.54, 1.807) is 12.1 Å². The highest BCUT2D eigenvalue weighted by Crippen LogP contribution is 2.30. The molecular weight excluding hydrogens is 668 g/mol.